The van der Waals surface area contributed by atoms with Gasteiger partial charge in [0.2, 0.25) is 0 Å². The summed E-state index contributed by atoms with van der Waals surface area (Å²) in [7, 11) is 1.55. The molecule has 6 heteroatoms. The van der Waals surface area contributed by atoms with Crippen LogP contribution in [0.2, 0.25) is 0 Å². The van der Waals surface area contributed by atoms with E-state index in [0.717, 1.165) is 17.5 Å². The Kier molecular flexibility index (Phi) is 7.65. The van der Waals surface area contributed by atoms with Crippen LogP contribution in [0.25, 0.3) is 6.08 Å². The highest BCUT2D eigenvalue weighted by Gasteiger charge is 2.14. The maximum atomic E-state index is 12.6. The number of nitriles is 1. The van der Waals surface area contributed by atoms with Crippen LogP contribution in [0.4, 0.5) is 5.69 Å². The Bertz CT molecular complexity index is 946. The van der Waals surface area contributed by atoms with Crippen LogP contribution in [-0.2, 0) is 4.79 Å². The zero-order valence-corrected chi connectivity index (χ0v) is 18.0. The van der Waals surface area contributed by atoms with Gasteiger partial charge in [-0.15, -0.1) is 0 Å². The fourth-order valence-corrected chi connectivity index (χ4v) is 2.96. The quantitative estimate of drug-likeness (QED) is 0.459. The van der Waals surface area contributed by atoms with Crippen molar-refractivity contribution in [1.82, 2.24) is 0 Å². The summed E-state index contributed by atoms with van der Waals surface area (Å²) >= 11 is 3.48. The van der Waals surface area contributed by atoms with E-state index < -0.39 is 5.91 Å². The zero-order chi connectivity index (χ0) is 20.7. The first kappa shape index (κ1) is 21.5. The van der Waals surface area contributed by atoms with Crippen molar-refractivity contribution in [2.75, 3.05) is 19.0 Å². The second-order valence-electron chi connectivity index (χ2n) is 6.24. The molecule has 0 fully saturated rings. The molecule has 1 N–H and O–H groups in total. The van der Waals surface area contributed by atoms with Crippen molar-refractivity contribution in [1.29, 1.82) is 5.26 Å². The van der Waals surface area contributed by atoms with E-state index in [1.807, 2.05) is 45.0 Å². The highest BCUT2D eigenvalue weighted by molar-refractivity contribution is 9.10. The van der Waals surface area contributed by atoms with Crippen molar-refractivity contribution >= 4 is 33.6 Å². The number of nitrogens with zero attached hydrogens (tertiary/aromatic N) is 1. The molecule has 146 valence electrons. The lowest BCUT2D eigenvalue weighted by Crippen LogP contribution is -2.14. The van der Waals surface area contributed by atoms with Crippen molar-refractivity contribution in [2.45, 2.75) is 27.2 Å². The van der Waals surface area contributed by atoms with Gasteiger partial charge in [-0.1, -0.05) is 35.0 Å². The van der Waals surface area contributed by atoms with Crippen molar-refractivity contribution in [3.05, 3.63) is 57.1 Å². The smallest absolute Gasteiger partial charge is 0.266 e. The van der Waals surface area contributed by atoms with Crippen LogP contribution in [0, 0.1) is 25.2 Å². The van der Waals surface area contributed by atoms with E-state index in [2.05, 4.69) is 21.2 Å². The number of carbonyl (C=O) groups is 1. The molecule has 0 atom stereocenters. The number of nitrogens with one attached hydrogen (secondary N) is 1. The number of benzene rings is 2. The maximum absolute atomic E-state index is 12.6. The maximum Gasteiger partial charge on any atom is 0.266 e. The van der Waals surface area contributed by atoms with Crippen LogP contribution in [0.5, 0.6) is 11.5 Å². The molecule has 0 spiro atoms. The fourth-order valence-electron chi connectivity index (χ4n) is 2.53. The molecule has 0 saturated carbocycles. The lowest BCUT2D eigenvalue weighted by molar-refractivity contribution is -0.112. The lowest BCUT2D eigenvalue weighted by atomic mass is 10.1. The van der Waals surface area contributed by atoms with E-state index >= 15 is 0 Å². The Labute approximate surface area is 174 Å². The summed E-state index contributed by atoms with van der Waals surface area (Å²) in [4.78, 5) is 12.6. The van der Waals surface area contributed by atoms with Crippen LogP contribution < -0.4 is 14.8 Å². The van der Waals surface area contributed by atoms with E-state index in [0.29, 0.717) is 33.8 Å². The lowest BCUT2D eigenvalue weighted by Gasteiger charge is -2.13. The molecule has 0 radical (unpaired) electrons. The SMILES string of the molecule is CCCOc1cc(Br)c(/C=C(/C#N)C(=O)Nc2cccc(C)c2C)cc1OC. The summed E-state index contributed by atoms with van der Waals surface area (Å²) in [5, 5.41) is 12.3. The molecule has 2 aromatic rings. The van der Waals surface area contributed by atoms with Gasteiger partial charge in [0.25, 0.3) is 5.91 Å². The second-order valence-corrected chi connectivity index (χ2v) is 7.10. The molecule has 0 heterocycles. The van der Waals surface area contributed by atoms with Crippen LogP contribution in [0.1, 0.15) is 30.0 Å². The topological polar surface area (TPSA) is 71.3 Å². The molecule has 5 nitrogen and oxygen atoms in total. The number of amides is 1. The van der Waals surface area contributed by atoms with E-state index in [4.69, 9.17) is 9.47 Å². The molecule has 0 aliphatic rings. The molecular weight excluding hydrogens is 420 g/mol. The number of ether oxygens (including phenoxy) is 2. The highest BCUT2D eigenvalue weighted by atomic mass is 79.9. The van der Waals surface area contributed by atoms with Crippen LogP contribution in [-0.4, -0.2) is 19.6 Å². The van der Waals surface area contributed by atoms with Crippen molar-refractivity contribution in [3.63, 3.8) is 0 Å². The molecule has 0 aliphatic carbocycles. The third-order valence-corrected chi connectivity index (χ3v) is 4.95. The highest BCUT2D eigenvalue weighted by Crippen LogP contribution is 2.35. The minimum absolute atomic E-state index is 0.00844. The van der Waals surface area contributed by atoms with Gasteiger partial charge in [0.05, 0.1) is 13.7 Å². The number of methoxy groups -OCH3 is 1. The molecule has 0 unspecified atom stereocenters. The zero-order valence-electron chi connectivity index (χ0n) is 16.4. The number of hydrogen-bond donors (Lipinski definition) is 1. The van der Waals surface area contributed by atoms with Gasteiger partial charge < -0.3 is 14.8 Å². The summed E-state index contributed by atoms with van der Waals surface area (Å²) in [6, 6.07) is 11.1. The minimum atomic E-state index is -0.464. The summed E-state index contributed by atoms with van der Waals surface area (Å²) in [5.74, 6) is 0.676. The second kappa shape index (κ2) is 9.95. The number of rotatable bonds is 7. The van der Waals surface area contributed by atoms with Crippen molar-refractivity contribution < 1.29 is 14.3 Å². The van der Waals surface area contributed by atoms with E-state index in [1.54, 1.807) is 19.2 Å². The molecule has 0 saturated heterocycles. The van der Waals surface area contributed by atoms with E-state index in [9.17, 15) is 10.1 Å². The third kappa shape index (κ3) is 5.14. The molecule has 0 bridgehead atoms. The van der Waals surface area contributed by atoms with Gasteiger partial charge in [-0.2, -0.15) is 5.26 Å². The Morgan fingerprint density at radius 3 is 2.68 bits per heavy atom. The van der Waals surface area contributed by atoms with Crippen LogP contribution in [0.3, 0.4) is 0 Å². The summed E-state index contributed by atoms with van der Waals surface area (Å²) in [6.07, 6.45) is 2.40. The van der Waals surface area contributed by atoms with Gasteiger partial charge in [-0.3, -0.25) is 4.79 Å². The predicted molar refractivity (Wildman–Crippen MR) is 115 cm³/mol. The van der Waals surface area contributed by atoms with E-state index in [1.165, 1.54) is 6.08 Å². The third-order valence-electron chi connectivity index (χ3n) is 4.26. The number of hydrogen-bond acceptors (Lipinski definition) is 4. The minimum Gasteiger partial charge on any atom is -0.493 e. The number of carbonyl (C=O) groups excluding carboxylic acids is 1. The molecule has 28 heavy (non-hydrogen) atoms. The largest absolute Gasteiger partial charge is 0.493 e. The summed E-state index contributed by atoms with van der Waals surface area (Å²) < 4.78 is 11.8. The predicted octanol–water partition coefficient (Wildman–Crippen LogP) is 5.41. The number of halogens is 1. The van der Waals surface area contributed by atoms with Crippen LogP contribution >= 0.6 is 15.9 Å². The summed E-state index contributed by atoms with van der Waals surface area (Å²) in [6.45, 7) is 6.49. The number of anilines is 1. The van der Waals surface area contributed by atoms with Crippen molar-refractivity contribution in [2.24, 2.45) is 0 Å². The van der Waals surface area contributed by atoms with Crippen molar-refractivity contribution in [3.8, 4) is 17.6 Å². The molecule has 2 rings (SSSR count). The average Bonchev–Trinajstić information content (AvgIpc) is 2.68. The molecule has 1 amide bonds. The molecule has 2 aromatic carbocycles. The standard InChI is InChI=1S/C22H23BrN2O3/c1-5-9-28-21-12-18(23)16(11-20(21)27-4)10-17(13-24)22(26)25-19-8-6-7-14(2)15(19)3/h6-8,10-12H,5,9H2,1-4H3,(H,25,26)/b17-10-. The molecular formula is C22H23BrN2O3. The Morgan fingerprint density at radius 2 is 2.04 bits per heavy atom. The van der Waals surface area contributed by atoms with Gasteiger partial charge in [0.15, 0.2) is 11.5 Å². The van der Waals surface area contributed by atoms with Crippen LogP contribution in [0.15, 0.2) is 40.4 Å². The monoisotopic (exact) mass is 442 g/mol. The Morgan fingerprint density at radius 1 is 1.29 bits per heavy atom. The first-order valence-electron chi connectivity index (χ1n) is 8.91. The first-order chi connectivity index (χ1) is 13.4. The van der Waals surface area contributed by atoms with Gasteiger partial charge in [0, 0.05) is 10.2 Å². The number of aryl methyl sites for hydroxylation is 1. The summed E-state index contributed by atoms with van der Waals surface area (Å²) in [5.41, 5.74) is 3.36. The normalized spacial score (nSPS) is 10.9. The van der Waals surface area contributed by atoms with Gasteiger partial charge in [-0.05, 0) is 61.2 Å². The molecule has 0 aliphatic heterocycles. The Hall–Kier alpha value is -2.78. The van der Waals surface area contributed by atoms with Gasteiger partial charge in [0.1, 0.15) is 11.6 Å². The van der Waals surface area contributed by atoms with E-state index in [-0.39, 0.29) is 5.57 Å². The molecule has 0 aromatic heterocycles. The Balaban J connectivity index is 2.34. The van der Waals surface area contributed by atoms with Gasteiger partial charge >= 0.3 is 0 Å². The fraction of sp³-hybridized carbons (Fsp3) is 0.273. The average molecular weight is 443 g/mol. The van der Waals surface area contributed by atoms with Gasteiger partial charge in [-0.25, -0.2) is 0 Å². The first-order valence-corrected chi connectivity index (χ1v) is 9.70.